The summed E-state index contributed by atoms with van der Waals surface area (Å²) in [5, 5.41) is 5.50. The Labute approximate surface area is 159 Å². The number of hydrogen-bond donors (Lipinski definition) is 2. The van der Waals surface area contributed by atoms with Gasteiger partial charge in [-0.25, -0.2) is 4.68 Å². The zero-order valence-electron chi connectivity index (χ0n) is 15.2. The summed E-state index contributed by atoms with van der Waals surface area (Å²) in [7, 11) is 0. The first kappa shape index (κ1) is 19.1. The molecule has 8 heteroatoms. The molecule has 2 N–H and O–H groups in total. The molecular weight excluding hydrogens is 362 g/mol. The number of hydrogen-bond acceptors (Lipinski definition) is 5. The number of nitrogens with one attached hydrogen (secondary N) is 2. The maximum atomic E-state index is 12.4. The van der Waals surface area contributed by atoms with Crippen molar-refractivity contribution in [3.05, 3.63) is 80.9 Å². The monoisotopic (exact) mass is 381 g/mol. The number of amides is 1. The van der Waals surface area contributed by atoms with Gasteiger partial charge in [-0.3, -0.25) is 24.3 Å². The number of nitrogens with zero attached hydrogens (tertiary/aromatic N) is 1. The van der Waals surface area contributed by atoms with Crippen LogP contribution in [0.1, 0.15) is 18.5 Å². The van der Waals surface area contributed by atoms with Crippen LogP contribution in [0, 0.1) is 0 Å². The van der Waals surface area contributed by atoms with Crippen LogP contribution in [0.5, 0.6) is 0 Å². The van der Waals surface area contributed by atoms with Crippen molar-refractivity contribution in [2.45, 2.75) is 19.5 Å². The Hall–Kier alpha value is -3.68. The fourth-order valence-corrected chi connectivity index (χ4v) is 2.79. The molecule has 28 heavy (non-hydrogen) atoms. The minimum Gasteiger partial charge on any atom is -0.454 e. The lowest BCUT2D eigenvalue weighted by Crippen LogP contribution is -2.35. The smallest absolute Gasteiger partial charge is 0.328 e. The lowest BCUT2D eigenvalue weighted by molar-refractivity contribution is -0.149. The summed E-state index contributed by atoms with van der Waals surface area (Å²) < 4.78 is 5.79. The molecule has 0 aliphatic rings. The van der Waals surface area contributed by atoms with Crippen molar-refractivity contribution < 1.29 is 14.3 Å². The van der Waals surface area contributed by atoms with Gasteiger partial charge in [0.2, 0.25) is 0 Å². The molecule has 2 aromatic carbocycles. The zero-order chi connectivity index (χ0) is 20.1. The van der Waals surface area contributed by atoms with Gasteiger partial charge in [0.25, 0.3) is 17.0 Å². The first-order valence-electron chi connectivity index (χ1n) is 8.67. The largest absolute Gasteiger partial charge is 0.454 e. The summed E-state index contributed by atoms with van der Waals surface area (Å²) in [6.07, 6.45) is 0. The Kier molecular flexibility index (Phi) is 5.69. The number of rotatable bonds is 6. The van der Waals surface area contributed by atoms with Crippen molar-refractivity contribution >= 4 is 22.6 Å². The van der Waals surface area contributed by atoms with Gasteiger partial charge in [0.1, 0.15) is 6.54 Å². The normalized spacial score (nSPS) is 11.8. The van der Waals surface area contributed by atoms with Crippen LogP contribution in [0.25, 0.3) is 10.8 Å². The van der Waals surface area contributed by atoms with E-state index in [0.29, 0.717) is 0 Å². The average molecular weight is 381 g/mol. The van der Waals surface area contributed by atoms with Crippen molar-refractivity contribution in [1.29, 1.82) is 0 Å². The highest BCUT2D eigenvalue weighted by Crippen LogP contribution is 2.10. The maximum Gasteiger partial charge on any atom is 0.328 e. The number of benzene rings is 2. The Balaban J connectivity index is 1.60. The SMILES string of the molecule is C[C@@H](NC(=O)COC(=O)Cn1[nH]c(=O)c2ccccc2c1=O)c1ccccc1. The molecule has 0 saturated carbocycles. The first-order chi connectivity index (χ1) is 13.5. The van der Waals surface area contributed by atoms with E-state index in [2.05, 4.69) is 10.4 Å². The fourth-order valence-electron chi connectivity index (χ4n) is 2.79. The minimum absolute atomic E-state index is 0.202. The summed E-state index contributed by atoms with van der Waals surface area (Å²) in [6.45, 7) is 0.831. The summed E-state index contributed by atoms with van der Waals surface area (Å²) in [5.74, 6) is -1.28. The zero-order valence-corrected chi connectivity index (χ0v) is 15.2. The predicted molar refractivity (Wildman–Crippen MR) is 103 cm³/mol. The summed E-state index contributed by atoms with van der Waals surface area (Å²) in [6, 6.07) is 15.4. The molecule has 0 aliphatic carbocycles. The topological polar surface area (TPSA) is 110 Å². The molecule has 3 aromatic rings. The van der Waals surface area contributed by atoms with Crippen molar-refractivity contribution in [2.24, 2.45) is 0 Å². The van der Waals surface area contributed by atoms with E-state index in [0.717, 1.165) is 10.2 Å². The van der Waals surface area contributed by atoms with Gasteiger partial charge >= 0.3 is 5.97 Å². The second-order valence-electron chi connectivity index (χ2n) is 6.24. The molecule has 0 saturated heterocycles. The highest BCUT2D eigenvalue weighted by Gasteiger charge is 2.14. The molecule has 1 heterocycles. The van der Waals surface area contributed by atoms with Crippen LogP contribution in [0.2, 0.25) is 0 Å². The molecule has 0 bridgehead atoms. The molecule has 1 aromatic heterocycles. The quantitative estimate of drug-likeness (QED) is 0.622. The highest BCUT2D eigenvalue weighted by atomic mass is 16.5. The Bertz CT molecular complexity index is 1120. The van der Waals surface area contributed by atoms with E-state index < -0.39 is 36.1 Å². The van der Waals surface area contributed by atoms with Gasteiger partial charge in [-0.2, -0.15) is 0 Å². The third kappa shape index (κ3) is 4.35. The molecule has 144 valence electrons. The number of carbonyl (C=O) groups is 2. The van der Waals surface area contributed by atoms with Crippen LogP contribution in [-0.4, -0.2) is 28.3 Å². The summed E-state index contributed by atoms with van der Waals surface area (Å²) in [4.78, 5) is 48.3. The van der Waals surface area contributed by atoms with Gasteiger partial charge in [-0.15, -0.1) is 0 Å². The second-order valence-corrected chi connectivity index (χ2v) is 6.24. The molecule has 3 rings (SSSR count). The fraction of sp³-hybridized carbons (Fsp3) is 0.200. The Morgan fingerprint density at radius 1 is 1.04 bits per heavy atom. The molecule has 0 spiro atoms. The molecule has 0 unspecified atom stereocenters. The number of H-pyrrole nitrogens is 1. The molecule has 0 radical (unpaired) electrons. The van der Waals surface area contributed by atoms with E-state index >= 15 is 0 Å². The van der Waals surface area contributed by atoms with E-state index in [1.165, 1.54) is 12.1 Å². The van der Waals surface area contributed by atoms with Crippen molar-refractivity contribution in [1.82, 2.24) is 15.1 Å². The van der Waals surface area contributed by atoms with Crippen molar-refractivity contribution in [3.63, 3.8) is 0 Å². The number of aromatic amines is 1. The third-order valence-electron chi connectivity index (χ3n) is 4.21. The van der Waals surface area contributed by atoms with Gasteiger partial charge in [0.05, 0.1) is 16.8 Å². The second kappa shape index (κ2) is 8.34. The van der Waals surface area contributed by atoms with E-state index in [1.54, 1.807) is 12.1 Å². The van der Waals surface area contributed by atoms with Crippen LogP contribution in [0.4, 0.5) is 0 Å². The van der Waals surface area contributed by atoms with Crippen LogP contribution in [0.15, 0.2) is 64.2 Å². The number of fused-ring (bicyclic) bond motifs is 1. The van der Waals surface area contributed by atoms with E-state index in [9.17, 15) is 19.2 Å². The average Bonchev–Trinajstić information content (AvgIpc) is 2.71. The lowest BCUT2D eigenvalue weighted by Gasteiger charge is -2.14. The molecule has 1 atom stereocenters. The van der Waals surface area contributed by atoms with Gasteiger partial charge in [0, 0.05) is 0 Å². The standard InChI is InChI=1S/C20H19N3O5/c1-13(14-7-3-2-4-8-14)21-17(24)12-28-18(25)11-23-20(27)16-10-6-5-9-15(16)19(26)22-23/h2-10,13H,11-12H2,1H3,(H,21,24)(H,22,26)/t13-/m1/s1. The molecule has 0 fully saturated rings. The molecule has 0 aliphatic heterocycles. The Morgan fingerprint density at radius 2 is 1.68 bits per heavy atom. The number of aromatic nitrogens is 2. The van der Waals surface area contributed by atoms with Crippen molar-refractivity contribution in [2.75, 3.05) is 6.61 Å². The molecular formula is C20H19N3O5. The van der Waals surface area contributed by atoms with Gasteiger partial charge < -0.3 is 10.1 Å². The summed E-state index contributed by atoms with van der Waals surface area (Å²) >= 11 is 0. The maximum absolute atomic E-state index is 12.4. The lowest BCUT2D eigenvalue weighted by atomic mass is 10.1. The predicted octanol–water partition coefficient (Wildman–Crippen LogP) is 1.11. The van der Waals surface area contributed by atoms with E-state index in [4.69, 9.17) is 4.74 Å². The number of ether oxygens (including phenoxy) is 1. The first-order valence-corrected chi connectivity index (χ1v) is 8.67. The van der Waals surface area contributed by atoms with Gasteiger partial charge in [-0.1, -0.05) is 42.5 Å². The molecule has 8 nitrogen and oxygen atoms in total. The number of carbonyl (C=O) groups excluding carboxylic acids is 2. The van der Waals surface area contributed by atoms with Gasteiger partial charge in [0.15, 0.2) is 6.61 Å². The Morgan fingerprint density at radius 3 is 2.39 bits per heavy atom. The van der Waals surface area contributed by atoms with E-state index in [-0.39, 0.29) is 16.8 Å². The van der Waals surface area contributed by atoms with Crippen LogP contribution in [0.3, 0.4) is 0 Å². The van der Waals surface area contributed by atoms with Crippen LogP contribution >= 0.6 is 0 Å². The summed E-state index contributed by atoms with van der Waals surface area (Å²) in [5.41, 5.74) is -0.0887. The van der Waals surface area contributed by atoms with Crippen LogP contribution in [-0.2, 0) is 20.9 Å². The number of esters is 1. The van der Waals surface area contributed by atoms with Crippen LogP contribution < -0.4 is 16.4 Å². The van der Waals surface area contributed by atoms with E-state index in [1.807, 2.05) is 37.3 Å². The van der Waals surface area contributed by atoms with Gasteiger partial charge in [-0.05, 0) is 24.6 Å². The minimum atomic E-state index is -0.810. The highest BCUT2D eigenvalue weighted by molar-refractivity contribution is 5.82. The van der Waals surface area contributed by atoms with Crippen molar-refractivity contribution in [3.8, 4) is 0 Å². The third-order valence-corrected chi connectivity index (χ3v) is 4.21. The molecule has 1 amide bonds.